The maximum Gasteiger partial charge on any atom is 0.409 e. The van der Waals surface area contributed by atoms with Gasteiger partial charge in [-0.2, -0.15) is 5.26 Å². The van der Waals surface area contributed by atoms with Crippen LogP contribution < -0.4 is 5.32 Å². The molecule has 1 saturated heterocycles. The largest absolute Gasteiger partial charge is 0.453 e. The van der Waals surface area contributed by atoms with E-state index in [1.807, 2.05) is 0 Å². The Balaban J connectivity index is 2.03. The number of carbonyl (C=O) groups excluding carboxylic acids is 1. The highest BCUT2D eigenvalue weighted by Crippen LogP contribution is 2.17. The Morgan fingerprint density at radius 3 is 3.26 bits per heavy atom. The minimum atomic E-state index is -0.312. The maximum atomic E-state index is 11.5. The highest BCUT2D eigenvalue weighted by atomic mass is 16.5. The molecule has 2 heterocycles. The van der Waals surface area contributed by atoms with Gasteiger partial charge in [0.15, 0.2) is 0 Å². The molecule has 1 aliphatic heterocycles. The first kappa shape index (κ1) is 13.1. The Morgan fingerprint density at radius 2 is 2.53 bits per heavy atom. The molecule has 1 unspecified atom stereocenters. The number of nitrogens with zero attached hydrogens (tertiary/aromatic N) is 3. The van der Waals surface area contributed by atoms with Gasteiger partial charge in [-0.3, -0.25) is 0 Å². The highest BCUT2D eigenvalue weighted by Gasteiger charge is 2.24. The minimum absolute atomic E-state index is 0.0925. The second-order valence-corrected chi connectivity index (χ2v) is 4.41. The molecule has 1 amide bonds. The fourth-order valence-electron chi connectivity index (χ4n) is 2.19. The van der Waals surface area contributed by atoms with Crippen LogP contribution in [0.15, 0.2) is 18.3 Å². The molecule has 0 spiro atoms. The van der Waals surface area contributed by atoms with Crippen LogP contribution in [0.5, 0.6) is 0 Å². The van der Waals surface area contributed by atoms with Crippen molar-refractivity contribution < 1.29 is 9.53 Å². The second kappa shape index (κ2) is 6.05. The highest BCUT2D eigenvalue weighted by molar-refractivity contribution is 5.67. The number of pyridine rings is 1. The van der Waals surface area contributed by atoms with Gasteiger partial charge in [-0.05, 0) is 25.0 Å². The van der Waals surface area contributed by atoms with Crippen molar-refractivity contribution >= 4 is 11.9 Å². The molecule has 100 valence electrons. The third-order valence-corrected chi connectivity index (χ3v) is 3.12. The SMILES string of the molecule is COC(=O)N1CCCC(Nc2ncccc2C#N)C1. The molecular weight excluding hydrogens is 244 g/mol. The van der Waals surface area contributed by atoms with Crippen molar-refractivity contribution in [3.8, 4) is 6.07 Å². The predicted octanol–water partition coefficient (Wildman–Crippen LogP) is 1.60. The lowest BCUT2D eigenvalue weighted by Crippen LogP contribution is -2.45. The van der Waals surface area contributed by atoms with E-state index in [-0.39, 0.29) is 12.1 Å². The number of methoxy groups -OCH3 is 1. The van der Waals surface area contributed by atoms with Crippen LogP contribution in [0.25, 0.3) is 0 Å². The van der Waals surface area contributed by atoms with Crippen molar-refractivity contribution in [3.63, 3.8) is 0 Å². The van der Waals surface area contributed by atoms with E-state index in [9.17, 15) is 4.79 Å². The average Bonchev–Trinajstić information content (AvgIpc) is 2.47. The van der Waals surface area contributed by atoms with Crippen molar-refractivity contribution in [2.24, 2.45) is 0 Å². The second-order valence-electron chi connectivity index (χ2n) is 4.41. The Bertz CT molecular complexity index is 498. The Hall–Kier alpha value is -2.29. The van der Waals surface area contributed by atoms with Crippen LogP contribution in [0.3, 0.4) is 0 Å². The third-order valence-electron chi connectivity index (χ3n) is 3.12. The summed E-state index contributed by atoms with van der Waals surface area (Å²) in [5.41, 5.74) is 0.512. The van der Waals surface area contributed by atoms with E-state index in [4.69, 9.17) is 10.00 Å². The van der Waals surface area contributed by atoms with Gasteiger partial charge >= 0.3 is 6.09 Å². The molecule has 0 saturated carbocycles. The molecule has 0 bridgehead atoms. The van der Waals surface area contributed by atoms with Crippen LogP contribution >= 0.6 is 0 Å². The summed E-state index contributed by atoms with van der Waals surface area (Å²) in [6.45, 7) is 1.27. The Labute approximate surface area is 112 Å². The molecule has 1 aromatic heterocycles. The lowest BCUT2D eigenvalue weighted by Gasteiger charge is -2.32. The van der Waals surface area contributed by atoms with Crippen molar-refractivity contribution in [3.05, 3.63) is 23.9 Å². The molecule has 0 aromatic carbocycles. The normalized spacial score (nSPS) is 18.5. The average molecular weight is 260 g/mol. The van der Waals surface area contributed by atoms with E-state index < -0.39 is 0 Å². The zero-order valence-corrected chi connectivity index (χ0v) is 10.8. The number of nitriles is 1. The van der Waals surface area contributed by atoms with E-state index >= 15 is 0 Å². The molecule has 0 radical (unpaired) electrons. The zero-order chi connectivity index (χ0) is 13.7. The minimum Gasteiger partial charge on any atom is -0.453 e. The van der Waals surface area contributed by atoms with E-state index in [2.05, 4.69) is 16.4 Å². The van der Waals surface area contributed by atoms with Gasteiger partial charge in [-0.15, -0.1) is 0 Å². The number of aromatic nitrogens is 1. The van der Waals surface area contributed by atoms with Gasteiger partial charge in [0.25, 0.3) is 0 Å². The fourth-order valence-corrected chi connectivity index (χ4v) is 2.19. The topological polar surface area (TPSA) is 78.2 Å². The van der Waals surface area contributed by atoms with Crippen LogP contribution in [0.2, 0.25) is 0 Å². The Morgan fingerprint density at radius 1 is 1.68 bits per heavy atom. The lowest BCUT2D eigenvalue weighted by molar-refractivity contribution is 0.113. The molecule has 6 nitrogen and oxygen atoms in total. The summed E-state index contributed by atoms with van der Waals surface area (Å²) >= 11 is 0. The van der Waals surface area contributed by atoms with Gasteiger partial charge in [-0.25, -0.2) is 9.78 Å². The van der Waals surface area contributed by atoms with E-state index in [1.54, 1.807) is 23.2 Å². The standard InChI is InChI=1S/C13H16N4O2/c1-19-13(18)17-7-3-5-11(9-17)16-12-10(8-14)4-2-6-15-12/h2,4,6,11H,3,5,7,9H2,1H3,(H,15,16). The molecule has 1 aliphatic rings. The van der Waals surface area contributed by atoms with Crippen LogP contribution in [-0.4, -0.2) is 42.2 Å². The van der Waals surface area contributed by atoms with Gasteiger partial charge in [0.05, 0.1) is 12.7 Å². The van der Waals surface area contributed by atoms with E-state index in [0.717, 1.165) is 12.8 Å². The summed E-state index contributed by atoms with van der Waals surface area (Å²) in [5, 5.41) is 12.2. The molecule has 1 N–H and O–H groups in total. The zero-order valence-electron chi connectivity index (χ0n) is 10.8. The third kappa shape index (κ3) is 3.13. The molecule has 1 fully saturated rings. The van der Waals surface area contributed by atoms with Crippen molar-refractivity contribution in [2.75, 3.05) is 25.5 Å². The number of ether oxygens (including phenoxy) is 1. The first-order chi connectivity index (χ1) is 9.24. The number of carbonyl (C=O) groups is 1. The molecule has 0 aliphatic carbocycles. The molecular formula is C13H16N4O2. The van der Waals surface area contributed by atoms with Gasteiger partial charge in [0, 0.05) is 25.3 Å². The van der Waals surface area contributed by atoms with Crippen LogP contribution in [0.1, 0.15) is 18.4 Å². The van der Waals surface area contributed by atoms with Crippen LogP contribution in [0, 0.1) is 11.3 Å². The molecule has 19 heavy (non-hydrogen) atoms. The lowest BCUT2D eigenvalue weighted by atomic mass is 10.1. The van der Waals surface area contributed by atoms with Gasteiger partial charge in [0.2, 0.25) is 0 Å². The number of piperidine rings is 1. The summed E-state index contributed by atoms with van der Waals surface area (Å²) in [4.78, 5) is 17.3. The van der Waals surface area contributed by atoms with Crippen LogP contribution in [0.4, 0.5) is 10.6 Å². The van der Waals surface area contributed by atoms with E-state index in [1.165, 1.54) is 7.11 Å². The number of amides is 1. The Kier molecular flexibility index (Phi) is 4.18. The summed E-state index contributed by atoms with van der Waals surface area (Å²) in [5.74, 6) is 0.571. The van der Waals surface area contributed by atoms with Crippen molar-refractivity contribution in [1.29, 1.82) is 5.26 Å². The first-order valence-corrected chi connectivity index (χ1v) is 6.19. The molecule has 1 aromatic rings. The summed E-state index contributed by atoms with van der Waals surface area (Å²) < 4.78 is 4.72. The summed E-state index contributed by atoms with van der Waals surface area (Å²) in [6.07, 6.45) is 3.17. The maximum absolute atomic E-state index is 11.5. The quantitative estimate of drug-likeness (QED) is 0.873. The number of hydrogen-bond donors (Lipinski definition) is 1. The molecule has 2 rings (SSSR count). The number of rotatable bonds is 2. The number of anilines is 1. The van der Waals surface area contributed by atoms with Crippen LogP contribution in [-0.2, 0) is 4.74 Å². The van der Waals surface area contributed by atoms with Gasteiger partial charge in [0.1, 0.15) is 11.9 Å². The van der Waals surface area contributed by atoms with Gasteiger partial charge < -0.3 is 15.0 Å². The van der Waals surface area contributed by atoms with Crippen molar-refractivity contribution in [1.82, 2.24) is 9.88 Å². The summed E-state index contributed by atoms with van der Waals surface area (Å²) in [6, 6.07) is 5.64. The first-order valence-electron chi connectivity index (χ1n) is 6.19. The fraction of sp³-hybridized carbons (Fsp3) is 0.462. The van der Waals surface area contributed by atoms with Gasteiger partial charge in [-0.1, -0.05) is 0 Å². The molecule has 1 atom stereocenters. The number of likely N-dealkylation sites (tertiary alicyclic amines) is 1. The predicted molar refractivity (Wildman–Crippen MR) is 69.6 cm³/mol. The summed E-state index contributed by atoms with van der Waals surface area (Å²) in [7, 11) is 1.38. The van der Waals surface area contributed by atoms with E-state index in [0.29, 0.717) is 24.5 Å². The number of hydrogen-bond acceptors (Lipinski definition) is 5. The number of nitrogens with one attached hydrogen (secondary N) is 1. The van der Waals surface area contributed by atoms with Crippen molar-refractivity contribution in [2.45, 2.75) is 18.9 Å². The monoisotopic (exact) mass is 260 g/mol. The smallest absolute Gasteiger partial charge is 0.409 e. The molecule has 6 heteroatoms.